The Labute approximate surface area is 110 Å². The normalized spacial score (nSPS) is 17.1. The quantitative estimate of drug-likeness (QED) is 0.866. The topological polar surface area (TPSA) is 57.4 Å². The molecule has 18 heavy (non-hydrogen) atoms. The van der Waals surface area contributed by atoms with E-state index in [1.807, 2.05) is 17.6 Å². The first kappa shape index (κ1) is 11.7. The Kier molecular flexibility index (Phi) is 3.34. The van der Waals surface area contributed by atoms with Gasteiger partial charge in [-0.25, -0.2) is 4.98 Å². The maximum atomic E-state index is 6.07. The monoisotopic (exact) mass is 264 g/mol. The lowest BCUT2D eigenvalue weighted by molar-refractivity contribution is 0.0499. The van der Waals surface area contributed by atoms with Crippen LogP contribution in [0.15, 0.2) is 17.6 Å². The molecule has 2 N–H and O–H groups in total. The summed E-state index contributed by atoms with van der Waals surface area (Å²) in [6.07, 6.45) is 2.14. The Bertz CT molecular complexity index is 535. The molecule has 0 radical (unpaired) electrons. The minimum absolute atomic E-state index is 0.573. The van der Waals surface area contributed by atoms with Crippen LogP contribution in [0.25, 0.3) is 10.2 Å². The molecule has 1 fully saturated rings. The molecule has 0 amide bonds. The van der Waals surface area contributed by atoms with Crippen molar-refractivity contribution in [1.29, 1.82) is 0 Å². The lowest BCUT2D eigenvalue weighted by Gasteiger charge is -2.22. The van der Waals surface area contributed by atoms with Gasteiger partial charge in [-0.15, -0.1) is 11.3 Å². The van der Waals surface area contributed by atoms with Gasteiger partial charge in [0.25, 0.3) is 0 Å². The standard InChI is InChI=1S/C13H16N2O2S/c14-12-10(1-2-11-13(12)15-8-18-11)17-7-9-3-5-16-6-4-9/h1-2,8-9H,3-7,14H2. The third kappa shape index (κ3) is 2.28. The maximum Gasteiger partial charge on any atom is 0.144 e. The fraction of sp³-hybridized carbons (Fsp3) is 0.462. The third-order valence-electron chi connectivity index (χ3n) is 3.32. The molecule has 96 valence electrons. The van der Waals surface area contributed by atoms with Crippen molar-refractivity contribution in [2.75, 3.05) is 25.6 Å². The van der Waals surface area contributed by atoms with Crippen molar-refractivity contribution in [3.8, 4) is 5.75 Å². The number of aromatic nitrogens is 1. The summed E-state index contributed by atoms with van der Waals surface area (Å²) in [5.74, 6) is 1.32. The fourth-order valence-corrected chi connectivity index (χ4v) is 2.87. The highest BCUT2D eigenvalue weighted by Crippen LogP contribution is 2.32. The molecular formula is C13H16N2O2S. The first-order valence-electron chi connectivity index (χ1n) is 6.17. The number of anilines is 1. The predicted molar refractivity (Wildman–Crippen MR) is 73.1 cm³/mol. The number of nitrogen functional groups attached to an aromatic ring is 1. The lowest BCUT2D eigenvalue weighted by Crippen LogP contribution is -2.21. The molecule has 4 nitrogen and oxygen atoms in total. The second-order valence-electron chi connectivity index (χ2n) is 4.54. The van der Waals surface area contributed by atoms with Crippen LogP contribution in [0.2, 0.25) is 0 Å². The highest BCUT2D eigenvalue weighted by molar-refractivity contribution is 7.16. The smallest absolute Gasteiger partial charge is 0.144 e. The zero-order chi connectivity index (χ0) is 12.4. The Balaban J connectivity index is 1.71. The van der Waals surface area contributed by atoms with E-state index in [-0.39, 0.29) is 0 Å². The van der Waals surface area contributed by atoms with Gasteiger partial charge in [0.2, 0.25) is 0 Å². The van der Waals surface area contributed by atoms with Gasteiger partial charge in [0.05, 0.1) is 16.8 Å². The average Bonchev–Trinajstić information content (AvgIpc) is 2.88. The van der Waals surface area contributed by atoms with Crippen molar-refractivity contribution in [1.82, 2.24) is 4.98 Å². The van der Waals surface area contributed by atoms with Gasteiger partial charge in [-0.2, -0.15) is 0 Å². The highest BCUT2D eigenvalue weighted by Gasteiger charge is 2.15. The van der Waals surface area contributed by atoms with Crippen molar-refractivity contribution in [2.45, 2.75) is 12.8 Å². The molecule has 2 aromatic rings. The molecule has 1 aromatic carbocycles. The van der Waals surface area contributed by atoms with Crippen LogP contribution in [-0.4, -0.2) is 24.8 Å². The van der Waals surface area contributed by atoms with E-state index in [0.717, 1.165) is 42.0 Å². The first-order chi connectivity index (χ1) is 8.84. The number of hydrogen-bond acceptors (Lipinski definition) is 5. The average molecular weight is 264 g/mol. The summed E-state index contributed by atoms with van der Waals surface area (Å²) < 4.78 is 12.3. The van der Waals surface area contributed by atoms with Crippen molar-refractivity contribution in [3.05, 3.63) is 17.6 Å². The summed E-state index contributed by atoms with van der Waals surface area (Å²) in [6, 6.07) is 3.96. The molecular weight excluding hydrogens is 248 g/mol. The summed E-state index contributed by atoms with van der Waals surface area (Å²) in [6.45, 7) is 2.40. The maximum absolute atomic E-state index is 6.07. The van der Waals surface area contributed by atoms with Crippen LogP contribution < -0.4 is 10.5 Å². The second kappa shape index (κ2) is 5.12. The molecule has 2 heterocycles. The number of thiazole rings is 1. The first-order valence-corrected chi connectivity index (χ1v) is 7.05. The van der Waals surface area contributed by atoms with Gasteiger partial charge in [0, 0.05) is 13.2 Å². The molecule has 0 saturated carbocycles. The largest absolute Gasteiger partial charge is 0.491 e. The van der Waals surface area contributed by atoms with Gasteiger partial charge in [-0.1, -0.05) is 0 Å². The minimum atomic E-state index is 0.573. The third-order valence-corrected chi connectivity index (χ3v) is 4.11. The highest BCUT2D eigenvalue weighted by atomic mass is 32.1. The minimum Gasteiger partial charge on any atom is -0.491 e. The number of rotatable bonds is 3. The van der Waals surface area contributed by atoms with Crippen molar-refractivity contribution in [2.24, 2.45) is 5.92 Å². The number of benzene rings is 1. The lowest BCUT2D eigenvalue weighted by atomic mass is 10.0. The molecule has 0 unspecified atom stereocenters. The number of hydrogen-bond donors (Lipinski definition) is 1. The van der Waals surface area contributed by atoms with Crippen LogP contribution in [0, 0.1) is 5.92 Å². The van der Waals surface area contributed by atoms with Crippen molar-refractivity contribution < 1.29 is 9.47 Å². The van der Waals surface area contributed by atoms with E-state index in [4.69, 9.17) is 15.2 Å². The van der Waals surface area contributed by atoms with Crippen molar-refractivity contribution in [3.63, 3.8) is 0 Å². The zero-order valence-electron chi connectivity index (χ0n) is 10.1. The molecule has 0 atom stereocenters. The molecule has 3 rings (SSSR count). The SMILES string of the molecule is Nc1c(OCC2CCOCC2)ccc2scnc12. The number of fused-ring (bicyclic) bond motifs is 1. The summed E-state index contributed by atoms with van der Waals surface area (Å²) in [5.41, 5.74) is 9.39. The van der Waals surface area contributed by atoms with Crippen LogP contribution in [0.5, 0.6) is 5.75 Å². The predicted octanol–water partition coefficient (Wildman–Crippen LogP) is 2.68. The van der Waals surface area contributed by atoms with E-state index in [9.17, 15) is 0 Å². The summed E-state index contributed by atoms with van der Waals surface area (Å²) in [5, 5.41) is 0. The number of nitrogens with two attached hydrogens (primary N) is 1. The van der Waals surface area contributed by atoms with Gasteiger partial charge < -0.3 is 15.2 Å². The van der Waals surface area contributed by atoms with E-state index >= 15 is 0 Å². The molecule has 1 aliphatic rings. The molecule has 0 bridgehead atoms. The Morgan fingerprint density at radius 2 is 2.22 bits per heavy atom. The van der Waals surface area contributed by atoms with E-state index in [0.29, 0.717) is 18.2 Å². The molecule has 1 saturated heterocycles. The van der Waals surface area contributed by atoms with Crippen LogP contribution in [-0.2, 0) is 4.74 Å². The van der Waals surface area contributed by atoms with Crippen LogP contribution in [0.4, 0.5) is 5.69 Å². The zero-order valence-corrected chi connectivity index (χ0v) is 10.9. The summed E-state index contributed by atoms with van der Waals surface area (Å²) in [4.78, 5) is 4.27. The van der Waals surface area contributed by atoms with Gasteiger partial charge in [0.15, 0.2) is 0 Å². The molecule has 0 aliphatic carbocycles. The fourth-order valence-electron chi connectivity index (χ4n) is 2.18. The Morgan fingerprint density at radius 1 is 1.39 bits per heavy atom. The van der Waals surface area contributed by atoms with E-state index in [1.54, 1.807) is 11.3 Å². The van der Waals surface area contributed by atoms with Crippen LogP contribution >= 0.6 is 11.3 Å². The molecule has 5 heteroatoms. The number of nitrogens with zero attached hydrogens (tertiary/aromatic N) is 1. The second-order valence-corrected chi connectivity index (χ2v) is 5.43. The van der Waals surface area contributed by atoms with E-state index in [1.165, 1.54) is 0 Å². The van der Waals surface area contributed by atoms with Gasteiger partial charge in [0.1, 0.15) is 17.0 Å². The number of ether oxygens (including phenoxy) is 2. The van der Waals surface area contributed by atoms with Gasteiger partial charge in [-0.05, 0) is 30.9 Å². The van der Waals surface area contributed by atoms with Gasteiger partial charge in [-0.3, -0.25) is 0 Å². The Morgan fingerprint density at radius 3 is 3.06 bits per heavy atom. The summed E-state index contributed by atoms with van der Waals surface area (Å²) in [7, 11) is 0. The summed E-state index contributed by atoms with van der Waals surface area (Å²) >= 11 is 1.59. The van der Waals surface area contributed by atoms with Crippen LogP contribution in [0.1, 0.15) is 12.8 Å². The van der Waals surface area contributed by atoms with Gasteiger partial charge >= 0.3 is 0 Å². The molecule has 0 spiro atoms. The van der Waals surface area contributed by atoms with E-state index < -0.39 is 0 Å². The van der Waals surface area contributed by atoms with Crippen LogP contribution in [0.3, 0.4) is 0 Å². The van der Waals surface area contributed by atoms with E-state index in [2.05, 4.69) is 4.98 Å². The van der Waals surface area contributed by atoms with Crippen molar-refractivity contribution >= 4 is 27.2 Å². The Hall–Kier alpha value is -1.33. The molecule has 1 aromatic heterocycles. The molecule has 1 aliphatic heterocycles.